The van der Waals surface area contributed by atoms with Gasteiger partial charge in [0.05, 0.1) is 11.3 Å². The fourth-order valence-corrected chi connectivity index (χ4v) is 2.74. The first kappa shape index (κ1) is 15.0. The van der Waals surface area contributed by atoms with E-state index in [0.29, 0.717) is 5.52 Å². The number of rotatable bonds is 4. The topological polar surface area (TPSA) is 80.9 Å². The Bertz CT molecular complexity index is 1040. The van der Waals surface area contributed by atoms with Crippen molar-refractivity contribution in [3.05, 3.63) is 78.5 Å². The molecular weight excluding hydrogens is 316 g/mol. The van der Waals surface area contributed by atoms with Crippen LogP contribution in [-0.2, 0) is 6.42 Å². The van der Waals surface area contributed by atoms with Crippen LogP contribution in [0.15, 0.2) is 67.4 Å². The maximum Gasteiger partial charge on any atom is 0.171 e. The van der Waals surface area contributed by atoms with Gasteiger partial charge in [-0.25, -0.2) is 9.67 Å². The van der Waals surface area contributed by atoms with Gasteiger partial charge in [0, 0.05) is 18.0 Å². The summed E-state index contributed by atoms with van der Waals surface area (Å²) in [5, 5.41) is 15.2. The number of aromatic nitrogens is 4. The van der Waals surface area contributed by atoms with Gasteiger partial charge < -0.3 is 5.11 Å². The van der Waals surface area contributed by atoms with Crippen LogP contribution in [0.5, 0.6) is 5.75 Å². The predicted octanol–water partition coefficient (Wildman–Crippen LogP) is 2.95. The average Bonchev–Trinajstić information content (AvgIpc) is 3.17. The molecule has 6 nitrogen and oxygen atoms in total. The second kappa shape index (κ2) is 6.16. The Morgan fingerprint density at radius 1 is 1.08 bits per heavy atom. The first-order chi connectivity index (χ1) is 12.2. The van der Waals surface area contributed by atoms with Gasteiger partial charge in [-0.3, -0.25) is 9.78 Å². The smallest absolute Gasteiger partial charge is 0.171 e. The number of hydrogen-bond acceptors (Lipinski definition) is 5. The van der Waals surface area contributed by atoms with E-state index in [0.717, 1.165) is 16.6 Å². The van der Waals surface area contributed by atoms with Gasteiger partial charge in [-0.1, -0.05) is 24.3 Å². The minimum Gasteiger partial charge on any atom is -0.505 e. The molecule has 4 aromatic rings. The molecule has 0 amide bonds. The summed E-state index contributed by atoms with van der Waals surface area (Å²) in [7, 11) is 0. The van der Waals surface area contributed by atoms with Crippen molar-refractivity contribution in [3.63, 3.8) is 0 Å². The lowest BCUT2D eigenvalue weighted by Gasteiger charge is -2.07. The van der Waals surface area contributed by atoms with Crippen LogP contribution in [0, 0.1) is 0 Å². The largest absolute Gasteiger partial charge is 0.505 e. The van der Waals surface area contributed by atoms with Crippen molar-refractivity contribution in [3.8, 4) is 11.4 Å². The normalized spacial score (nSPS) is 10.9. The first-order valence-electron chi connectivity index (χ1n) is 7.76. The molecule has 0 unspecified atom stereocenters. The fourth-order valence-electron chi connectivity index (χ4n) is 2.74. The Labute approximate surface area is 143 Å². The summed E-state index contributed by atoms with van der Waals surface area (Å²) >= 11 is 0. The highest BCUT2D eigenvalue weighted by Gasteiger charge is 2.15. The molecular formula is C19H14N4O2. The SMILES string of the molecule is O=C(Cc1ccc(-n2cncn2)cc1)c1ccc2cccnc2c1O. The molecule has 0 saturated carbocycles. The monoisotopic (exact) mass is 330 g/mol. The van der Waals surface area contributed by atoms with Gasteiger partial charge in [0.15, 0.2) is 11.5 Å². The number of Topliss-reactive ketones (excluding diaryl/α,β-unsaturated/α-hetero) is 1. The molecule has 0 fully saturated rings. The third kappa shape index (κ3) is 2.85. The van der Waals surface area contributed by atoms with E-state index in [1.165, 1.54) is 6.33 Å². The molecule has 4 rings (SSSR count). The minimum atomic E-state index is -0.154. The van der Waals surface area contributed by atoms with Crippen molar-refractivity contribution in [1.29, 1.82) is 0 Å². The number of carbonyl (C=O) groups is 1. The molecule has 2 aromatic heterocycles. The molecule has 2 aromatic carbocycles. The van der Waals surface area contributed by atoms with Gasteiger partial charge in [-0.15, -0.1) is 0 Å². The third-order valence-electron chi connectivity index (χ3n) is 4.03. The van der Waals surface area contributed by atoms with E-state index >= 15 is 0 Å². The van der Waals surface area contributed by atoms with Crippen molar-refractivity contribution in [2.75, 3.05) is 0 Å². The first-order valence-corrected chi connectivity index (χ1v) is 7.76. The molecule has 0 spiro atoms. The molecule has 0 radical (unpaired) electrons. The summed E-state index contributed by atoms with van der Waals surface area (Å²) in [5.74, 6) is -0.221. The van der Waals surface area contributed by atoms with Gasteiger partial charge in [-0.05, 0) is 29.8 Å². The Hall–Kier alpha value is -3.54. The van der Waals surface area contributed by atoms with Crippen molar-refractivity contribution in [1.82, 2.24) is 19.7 Å². The maximum absolute atomic E-state index is 12.6. The van der Waals surface area contributed by atoms with Crippen molar-refractivity contribution in [2.45, 2.75) is 6.42 Å². The van der Waals surface area contributed by atoms with E-state index in [9.17, 15) is 9.90 Å². The van der Waals surface area contributed by atoms with Crippen molar-refractivity contribution in [2.24, 2.45) is 0 Å². The summed E-state index contributed by atoms with van der Waals surface area (Å²) < 4.78 is 1.65. The van der Waals surface area contributed by atoms with Crippen molar-refractivity contribution >= 4 is 16.7 Å². The minimum absolute atomic E-state index is 0.0673. The highest BCUT2D eigenvalue weighted by molar-refractivity contribution is 6.04. The number of phenolic OH excluding ortho intramolecular Hbond substituents is 1. The number of carbonyl (C=O) groups excluding carboxylic acids is 1. The second-order valence-corrected chi connectivity index (χ2v) is 5.64. The molecule has 0 aliphatic rings. The quantitative estimate of drug-likeness (QED) is 0.582. The Kier molecular flexibility index (Phi) is 3.70. The van der Waals surface area contributed by atoms with Crippen LogP contribution in [0.4, 0.5) is 0 Å². The number of phenols is 1. The lowest BCUT2D eigenvalue weighted by atomic mass is 10.0. The molecule has 0 aliphatic heterocycles. The highest BCUT2D eigenvalue weighted by Crippen LogP contribution is 2.27. The average molecular weight is 330 g/mol. The molecule has 6 heteroatoms. The zero-order valence-electron chi connectivity index (χ0n) is 13.2. The van der Waals surface area contributed by atoms with Crippen LogP contribution in [0.3, 0.4) is 0 Å². The maximum atomic E-state index is 12.6. The lowest BCUT2D eigenvalue weighted by molar-refractivity contribution is 0.0990. The summed E-state index contributed by atoms with van der Waals surface area (Å²) in [4.78, 5) is 20.6. The van der Waals surface area contributed by atoms with E-state index in [1.807, 2.05) is 30.3 Å². The van der Waals surface area contributed by atoms with Gasteiger partial charge in [0.25, 0.3) is 0 Å². The number of benzene rings is 2. The zero-order chi connectivity index (χ0) is 17.2. The Balaban J connectivity index is 1.59. The third-order valence-corrected chi connectivity index (χ3v) is 4.03. The number of nitrogens with zero attached hydrogens (tertiary/aromatic N) is 4. The van der Waals surface area contributed by atoms with Crippen LogP contribution in [0.25, 0.3) is 16.6 Å². The lowest BCUT2D eigenvalue weighted by Crippen LogP contribution is -2.05. The van der Waals surface area contributed by atoms with Crippen molar-refractivity contribution < 1.29 is 9.90 Å². The highest BCUT2D eigenvalue weighted by atomic mass is 16.3. The van der Waals surface area contributed by atoms with E-state index in [-0.39, 0.29) is 23.5 Å². The number of ketones is 1. The van der Waals surface area contributed by atoms with E-state index < -0.39 is 0 Å². The molecule has 122 valence electrons. The van der Waals surface area contributed by atoms with E-state index in [1.54, 1.807) is 35.4 Å². The molecule has 1 N–H and O–H groups in total. The van der Waals surface area contributed by atoms with Gasteiger partial charge in [-0.2, -0.15) is 5.10 Å². The van der Waals surface area contributed by atoms with Gasteiger partial charge >= 0.3 is 0 Å². The Morgan fingerprint density at radius 2 is 1.92 bits per heavy atom. The number of hydrogen-bond donors (Lipinski definition) is 1. The fraction of sp³-hybridized carbons (Fsp3) is 0.0526. The van der Waals surface area contributed by atoms with E-state index in [4.69, 9.17) is 0 Å². The molecule has 0 bridgehead atoms. The molecule has 0 atom stereocenters. The summed E-state index contributed by atoms with van der Waals surface area (Å²) in [6.45, 7) is 0. The van der Waals surface area contributed by atoms with E-state index in [2.05, 4.69) is 15.1 Å². The zero-order valence-corrected chi connectivity index (χ0v) is 13.2. The summed E-state index contributed by atoms with van der Waals surface area (Å²) in [6, 6.07) is 14.6. The number of fused-ring (bicyclic) bond motifs is 1. The van der Waals surface area contributed by atoms with Gasteiger partial charge in [0.2, 0.25) is 0 Å². The Morgan fingerprint density at radius 3 is 2.68 bits per heavy atom. The second-order valence-electron chi connectivity index (χ2n) is 5.64. The van der Waals surface area contributed by atoms with Crippen LogP contribution >= 0.6 is 0 Å². The van der Waals surface area contributed by atoms with Crippen LogP contribution in [0.2, 0.25) is 0 Å². The molecule has 2 heterocycles. The molecule has 0 aliphatic carbocycles. The standard InChI is InChI=1S/C19H14N4O2/c24-17(16-8-5-14-2-1-9-21-18(14)19(16)25)10-13-3-6-15(7-4-13)23-12-20-11-22-23/h1-9,11-12,25H,10H2. The van der Waals surface area contributed by atoms with Crippen LogP contribution in [0.1, 0.15) is 15.9 Å². The van der Waals surface area contributed by atoms with Gasteiger partial charge in [0.1, 0.15) is 18.2 Å². The summed E-state index contributed by atoms with van der Waals surface area (Å²) in [5.41, 5.74) is 2.45. The predicted molar refractivity (Wildman–Crippen MR) is 92.8 cm³/mol. The number of pyridine rings is 1. The molecule has 0 saturated heterocycles. The molecule has 25 heavy (non-hydrogen) atoms. The van der Waals surface area contributed by atoms with Crippen LogP contribution in [-0.4, -0.2) is 30.6 Å². The van der Waals surface area contributed by atoms with Crippen LogP contribution < -0.4 is 0 Å². The number of aromatic hydroxyl groups is 1. The summed E-state index contributed by atoms with van der Waals surface area (Å²) in [6.07, 6.45) is 4.87.